The fourth-order valence-corrected chi connectivity index (χ4v) is 1.07. The van der Waals surface area contributed by atoms with Crippen molar-refractivity contribution >= 4 is 5.69 Å². The van der Waals surface area contributed by atoms with Gasteiger partial charge in [0.1, 0.15) is 0 Å². The lowest BCUT2D eigenvalue weighted by molar-refractivity contribution is 0.795. The lowest BCUT2D eigenvalue weighted by Crippen LogP contribution is -1.87. The van der Waals surface area contributed by atoms with Crippen LogP contribution < -0.4 is 5.73 Å². The monoisotopic (exact) mass is 237 g/mol. The maximum absolute atomic E-state index is 5.56. The fourth-order valence-electron chi connectivity index (χ4n) is 1.07. The molecule has 0 fully saturated rings. The summed E-state index contributed by atoms with van der Waals surface area (Å²) in [5.74, 6) is 0. The predicted octanol–water partition coefficient (Wildman–Crippen LogP) is 5.44. The molecule has 1 nitrogen and oxygen atoms in total. The van der Waals surface area contributed by atoms with Gasteiger partial charge in [0.25, 0.3) is 0 Å². The first kappa shape index (κ1) is 18.4. The third-order valence-corrected chi connectivity index (χ3v) is 2.30. The first-order chi connectivity index (χ1) is 8.24. The van der Waals surface area contributed by atoms with Crippen LogP contribution in [0.4, 0.5) is 5.69 Å². The number of benzene rings is 1. The van der Waals surface area contributed by atoms with E-state index in [1.807, 2.05) is 26.0 Å². The van der Waals surface area contributed by atoms with Crippen molar-refractivity contribution in [1.82, 2.24) is 0 Å². The second-order valence-electron chi connectivity index (χ2n) is 3.85. The Labute approximate surface area is 108 Å². The molecule has 0 aromatic heterocycles. The molecule has 0 amide bonds. The average molecular weight is 237 g/mol. The molecule has 1 heteroatoms. The van der Waals surface area contributed by atoms with Gasteiger partial charge in [0.2, 0.25) is 0 Å². The van der Waals surface area contributed by atoms with Crippen LogP contribution in [0.3, 0.4) is 0 Å². The van der Waals surface area contributed by atoms with Gasteiger partial charge in [-0.15, -0.1) is 0 Å². The van der Waals surface area contributed by atoms with E-state index < -0.39 is 0 Å². The first-order valence-corrected chi connectivity index (χ1v) is 7.08. The van der Waals surface area contributed by atoms with Gasteiger partial charge >= 0.3 is 0 Å². The molecular formula is C16H31N. The molecule has 1 rings (SSSR count). The zero-order valence-corrected chi connectivity index (χ0v) is 12.4. The molecule has 0 unspecified atom stereocenters. The van der Waals surface area contributed by atoms with Crippen LogP contribution in [0.5, 0.6) is 0 Å². The van der Waals surface area contributed by atoms with Gasteiger partial charge in [-0.05, 0) is 30.5 Å². The van der Waals surface area contributed by atoms with E-state index in [0.29, 0.717) is 0 Å². The van der Waals surface area contributed by atoms with Crippen molar-refractivity contribution in [2.75, 3.05) is 5.73 Å². The highest BCUT2D eigenvalue weighted by Gasteiger charge is 1.90. The molecule has 1 aromatic rings. The van der Waals surface area contributed by atoms with Crippen molar-refractivity contribution in [2.45, 2.75) is 66.7 Å². The number of hydrogen-bond donors (Lipinski definition) is 1. The van der Waals surface area contributed by atoms with Gasteiger partial charge < -0.3 is 5.73 Å². The number of anilines is 1. The standard InChI is InChI=1S/C10H15N.C4H10.C2H6/c1-2-3-4-9-5-7-10(11)8-6-9;1-3-4-2;1-2/h5-8H,2-4,11H2,1H3;3-4H2,1-2H3;1-2H3. The molecule has 100 valence electrons. The van der Waals surface area contributed by atoms with Gasteiger partial charge in [-0.3, -0.25) is 0 Å². The van der Waals surface area contributed by atoms with Gasteiger partial charge in [-0.25, -0.2) is 0 Å². The maximum Gasteiger partial charge on any atom is 0.0314 e. The summed E-state index contributed by atoms with van der Waals surface area (Å²) in [6.45, 7) is 10.6. The largest absolute Gasteiger partial charge is 0.399 e. The summed E-state index contributed by atoms with van der Waals surface area (Å²) in [4.78, 5) is 0. The predicted molar refractivity (Wildman–Crippen MR) is 81.4 cm³/mol. The Morgan fingerprint density at radius 2 is 1.29 bits per heavy atom. The summed E-state index contributed by atoms with van der Waals surface area (Å²) in [6, 6.07) is 8.13. The second-order valence-corrected chi connectivity index (χ2v) is 3.85. The van der Waals surface area contributed by atoms with E-state index in [4.69, 9.17) is 5.73 Å². The van der Waals surface area contributed by atoms with Crippen LogP contribution in [0.2, 0.25) is 0 Å². The molecule has 0 radical (unpaired) electrons. The van der Waals surface area contributed by atoms with Crippen molar-refractivity contribution < 1.29 is 0 Å². The minimum atomic E-state index is 0.852. The second kappa shape index (κ2) is 15.0. The average Bonchev–Trinajstić information content (AvgIpc) is 2.41. The molecule has 17 heavy (non-hydrogen) atoms. The Morgan fingerprint density at radius 3 is 1.65 bits per heavy atom. The third kappa shape index (κ3) is 13.0. The Hall–Kier alpha value is -0.980. The number of unbranched alkanes of at least 4 members (excludes halogenated alkanes) is 2. The SMILES string of the molecule is CC.CCCC.CCCCc1ccc(N)cc1. The third-order valence-electron chi connectivity index (χ3n) is 2.30. The molecule has 0 heterocycles. The van der Waals surface area contributed by atoms with E-state index in [1.165, 1.54) is 37.7 Å². The Morgan fingerprint density at radius 1 is 0.824 bits per heavy atom. The number of hydrogen-bond acceptors (Lipinski definition) is 1. The summed E-state index contributed by atoms with van der Waals surface area (Å²) in [6.07, 6.45) is 6.34. The van der Waals surface area contributed by atoms with E-state index in [9.17, 15) is 0 Å². The summed E-state index contributed by atoms with van der Waals surface area (Å²) >= 11 is 0. The zero-order valence-electron chi connectivity index (χ0n) is 12.4. The minimum absolute atomic E-state index is 0.852. The van der Waals surface area contributed by atoms with Gasteiger partial charge in [0.05, 0.1) is 0 Å². The van der Waals surface area contributed by atoms with Crippen LogP contribution in [0.1, 0.15) is 65.9 Å². The van der Waals surface area contributed by atoms with E-state index in [1.54, 1.807) is 0 Å². The van der Waals surface area contributed by atoms with Crippen molar-refractivity contribution in [2.24, 2.45) is 0 Å². The van der Waals surface area contributed by atoms with E-state index >= 15 is 0 Å². The molecule has 0 aliphatic heterocycles. The van der Waals surface area contributed by atoms with Crippen molar-refractivity contribution in [3.8, 4) is 0 Å². The smallest absolute Gasteiger partial charge is 0.0314 e. The lowest BCUT2D eigenvalue weighted by atomic mass is 10.1. The molecule has 0 saturated carbocycles. The van der Waals surface area contributed by atoms with Crippen LogP contribution >= 0.6 is 0 Å². The van der Waals surface area contributed by atoms with Crippen LogP contribution in [0.15, 0.2) is 24.3 Å². The molecular weight excluding hydrogens is 206 g/mol. The van der Waals surface area contributed by atoms with Crippen LogP contribution in [0.25, 0.3) is 0 Å². The Bertz CT molecular complexity index is 224. The van der Waals surface area contributed by atoms with E-state index in [-0.39, 0.29) is 0 Å². The molecule has 1 aromatic carbocycles. The van der Waals surface area contributed by atoms with E-state index in [2.05, 4.69) is 32.9 Å². The molecule has 0 aliphatic rings. The van der Waals surface area contributed by atoms with Gasteiger partial charge in [-0.1, -0.05) is 66.0 Å². The molecule has 2 N–H and O–H groups in total. The van der Waals surface area contributed by atoms with Gasteiger partial charge in [0.15, 0.2) is 0 Å². The first-order valence-electron chi connectivity index (χ1n) is 7.08. The fraction of sp³-hybridized carbons (Fsp3) is 0.625. The molecule has 0 aliphatic carbocycles. The quantitative estimate of drug-likeness (QED) is 0.693. The summed E-state index contributed by atoms with van der Waals surface area (Å²) in [5, 5.41) is 0. The molecule has 0 atom stereocenters. The molecule has 0 bridgehead atoms. The Balaban J connectivity index is 0. The minimum Gasteiger partial charge on any atom is -0.399 e. The topological polar surface area (TPSA) is 26.0 Å². The van der Waals surface area contributed by atoms with Gasteiger partial charge in [-0.2, -0.15) is 0 Å². The summed E-state index contributed by atoms with van der Waals surface area (Å²) < 4.78 is 0. The highest BCUT2D eigenvalue weighted by Crippen LogP contribution is 2.08. The number of aryl methyl sites for hydroxylation is 1. The van der Waals surface area contributed by atoms with Gasteiger partial charge in [0, 0.05) is 5.69 Å². The Kier molecular flexibility index (Phi) is 16.2. The highest BCUT2D eigenvalue weighted by molar-refractivity contribution is 5.39. The van der Waals surface area contributed by atoms with Crippen molar-refractivity contribution in [1.29, 1.82) is 0 Å². The number of nitrogens with two attached hydrogens (primary N) is 1. The summed E-state index contributed by atoms with van der Waals surface area (Å²) in [7, 11) is 0. The molecule has 0 saturated heterocycles. The maximum atomic E-state index is 5.56. The van der Waals surface area contributed by atoms with Crippen LogP contribution in [0, 0.1) is 0 Å². The van der Waals surface area contributed by atoms with Crippen molar-refractivity contribution in [3.63, 3.8) is 0 Å². The van der Waals surface area contributed by atoms with Crippen molar-refractivity contribution in [3.05, 3.63) is 29.8 Å². The lowest BCUT2D eigenvalue weighted by Gasteiger charge is -1.99. The summed E-state index contributed by atoms with van der Waals surface area (Å²) in [5.41, 5.74) is 7.80. The number of nitrogen functional groups attached to an aromatic ring is 1. The molecule has 0 spiro atoms. The zero-order chi connectivity index (χ0) is 13.5. The highest BCUT2D eigenvalue weighted by atomic mass is 14.5. The van der Waals surface area contributed by atoms with Crippen LogP contribution in [-0.2, 0) is 6.42 Å². The number of rotatable bonds is 4. The van der Waals surface area contributed by atoms with Crippen LogP contribution in [-0.4, -0.2) is 0 Å². The normalized spacial score (nSPS) is 8.53. The van der Waals surface area contributed by atoms with E-state index in [0.717, 1.165) is 5.69 Å².